The molecular formula is C21H18BFO7S. The fourth-order valence-electron chi connectivity index (χ4n) is 2.96. The summed E-state index contributed by atoms with van der Waals surface area (Å²) >= 11 is 0. The van der Waals surface area contributed by atoms with Crippen molar-refractivity contribution in [2.45, 2.75) is 6.29 Å². The molecule has 1 unspecified atom stereocenters. The number of hydrogen-bond donors (Lipinski definition) is 0. The van der Waals surface area contributed by atoms with Crippen molar-refractivity contribution in [1.82, 2.24) is 0 Å². The molecule has 7 nitrogen and oxygen atoms in total. The van der Waals surface area contributed by atoms with Crippen molar-refractivity contribution in [3.8, 4) is 17.2 Å². The van der Waals surface area contributed by atoms with Crippen molar-refractivity contribution >= 4 is 23.1 Å². The van der Waals surface area contributed by atoms with Crippen molar-refractivity contribution in [2.75, 3.05) is 13.2 Å². The van der Waals surface area contributed by atoms with Gasteiger partial charge in [-0.25, -0.2) is 0 Å². The van der Waals surface area contributed by atoms with E-state index in [4.69, 9.17) is 18.8 Å². The summed E-state index contributed by atoms with van der Waals surface area (Å²) in [6, 6.07) is 22.1. The van der Waals surface area contributed by atoms with Gasteiger partial charge in [0.2, 0.25) is 0 Å². The van der Waals surface area contributed by atoms with E-state index >= 15 is 0 Å². The number of benzene rings is 3. The summed E-state index contributed by atoms with van der Waals surface area (Å²) in [5.41, 5.74) is 1.65. The Morgan fingerprint density at radius 3 is 1.84 bits per heavy atom. The molecule has 0 aromatic heterocycles. The van der Waals surface area contributed by atoms with E-state index < -0.39 is 16.8 Å². The van der Waals surface area contributed by atoms with Crippen molar-refractivity contribution in [2.24, 2.45) is 0 Å². The fraction of sp³-hybridized carbons (Fsp3) is 0.143. The third kappa shape index (κ3) is 5.97. The minimum atomic E-state index is -5.09. The van der Waals surface area contributed by atoms with Gasteiger partial charge in [0.15, 0.2) is 0 Å². The summed E-state index contributed by atoms with van der Waals surface area (Å²) in [6.45, 7) is 1.13. The molecule has 0 spiro atoms. The van der Waals surface area contributed by atoms with Crippen LogP contribution in [0.15, 0.2) is 78.9 Å². The lowest BCUT2D eigenvalue weighted by molar-refractivity contribution is 0.00380. The minimum Gasteiger partial charge on any atom is -0.451 e. The van der Waals surface area contributed by atoms with Crippen LogP contribution in [-0.2, 0) is 19.8 Å². The molecule has 1 atom stereocenters. The van der Waals surface area contributed by atoms with Gasteiger partial charge in [-0.3, -0.25) is 0 Å². The maximum Gasteiger partial charge on any atom is 0.494 e. The van der Waals surface area contributed by atoms with Crippen LogP contribution < -0.4 is 19.1 Å². The van der Waals surface area contributed by atoms with Crippen LogP contribution in [0.25, 0.3) is 0 Å². The van der Waals surface area contributed by atoms with Crippen molar-refractivity contribution in [3.05, 3.63) is 84.4 Å². The Kier molecular flexibility index (Phi) is 6.40. The normalized spacial score (nSPS) is 14.8. The highest BCUT2D eigenvalue weighted by Crippen LogP contribution is 2.27. The molecule has 1 fully saturated rings. The molecule has 3 aromatic rings. The fourth-order valence-corrected chi connectivity index (χ4v) is 3.30. The van der Waals surface area contributed by atoms with Crippen molar-refractivity contribution in [3.63, 3.8) is 0 Å². The molecule has 1 aliphatic rings. The van der Waals surface area contributed by atoms with Gasteiger partial charge in [0, 0.05) is 5.56 Å². The average molecular weight is 444 g/mol. The topological polar surface area (TPSA) is 80.3 Å². The van der Waals surface area contributed by atoms with Crippen LogP contribution in [0.3, 0.4) is 0 Å². The van der Waals surface area contributed by atoms with E-state index in [2.05, 4.69) is 4.18 Å². The largest absolute Gasteiger partial charge is 0.494 e. The van der Waals surface area contributed by atoms with Crippen LogP contribution >= 0.6 is 0 Å². The molecule has 1 aliphatic heterocycles. The first-order chi connectivity index (χ1) is 15.0. The van der Waals surface area contributed by atoms with Crippen LogP contribution in [0.5, 0.6) is 17.2 Å². The van der Waals surface area contributed by atoms with Gasteiger partial charge in [0.05, 0.1) is 13.2 Å². The van der Waals surface area contributed by atoms with Crippen molar-refractivity contribution in [1.29, 1.82) is 0 Å². The number of rotatable bonds is 8. The smallest absolute Gasteiger partial charge is 0.451 e. The van der Waals surface area contributed by atoms with Gasteiger partial charge in [0.1, 0.15) is 17.2 Å². The Morgan fingerprint density at radius 2 is 1.29 bits per heavy atom. The number of hydrogen-bond acceptors (Lipinski definition) is 7. The molecule has 0 radical (unpaired) electrons. The second-order valence-electron chi connectivity index (χ2n) is 6.57. The molecule has 1 saturated heterocycles. The monoisotopic (exact) mass is 444 g/mol. The molecule has 3 aromatic carbocycles. The summed E-state index contributed by atoms with van der Waals surface area (Å²) in [7, 11) is -5.46. The molecule has 4 rings (SSSR count). The Morgan fingerprint density at radius 1 is 0.774 bits per heavy atom. The van der Waals surface area contributed by atoms with Gasteiger partial charge in [-0.05, 0) is 41.9 Å². The third-order valence-corrected chi connectivity index (χ3v) is 4.74. The van der Waals surface area contributed by atoms with Gasteiger partial charge in [-0.15, -0.1) is 0 Å². The maximum atomic E-state index is 12.7. The first-order valence-electron chi connectivity index (χ1n) is 9.42. The highest BCUT2D eigenvalue weighted by Gasteiger charge is 2.26. The quantitative estimate of drug-likeness (QED) is 0.300. The molecule has 10 heteroatoms. The standard InChI is InChI=1S/C21H18BFO7S/c23-31(24,25)30-20-12-10-19(11-13-20)29-21(16-4-2-1-3-5-16)28-18-8-6-17(7-9-18)22-26-14-15-27-22/h1-13,21H,14-15H2. The Balaban J connectivity index is 1.50. The van der Waals surface area contributed by atoms with Crippen LogP contribution in [0.4, 0.5) is 3.89 Å². The Labute approximate surface area is 179 Å². The molecule has 0 aliphatic carbocycles. The second-order valence-corrected chi connectivity index (χ2v) is 7.52. The van der Waals surface area contributed by atoms with Gasteiger partial charge in [0.25, 0.3) is 6.29 Å². The number of halogens is 1. The molecular weight excluding hydrogens is 426 g/mol. The maximum absolute atomic E-state index is 12.7. The van der Waals surface area contributed by atoms with Crippen LogP contribution in [0.1, 0.15) is 11.9 Å². The first kappa shape index (κ1) is 21.2. The highest BCUT2D eigenvalue weighted by molar-refractivity contribution is 7.81. The first-order valence-corrected chi connectivity index (χ1v) is 10.7. The molecule has 31 heavy (non-hydrogen) atoms. The predicted molar refractivity (Wildman–Crippen MR) is 111 cm³/mol. The van der Waals surface area contributed by atoms with E-state index in [1.807, 2.05) is 42.5 Å². The molecule has 0 bridgehead atoms. The van der Waals surface area contributed by atoms with Gasteiger partial charge >= 0.3 is 17.6 Å². The van der Waals surface area contributed by atoms with E-state index in [-0.39, 0.29) is 12.9 Å². The average Bonchev–Trinajstić information content (AvgIpc) is 3.30. The summed E-state index contributed by atoms with van der Waals surface area (Å²) in [5.74, 6) is 0.778. The second kappa shape index (κ2) is 9.38. The summed E-state index contributed by atoms with van der Waals surface area (Å²) in [4.78, 5) is 0. The lowest BCUT2D eigenvalue weighted by atomic mass is 9.79. The molecule has 0 amide bonds. The summed E-state index contributed by atoms with van der Waals surface area (Å²) in [6.07, 6.45) is -0.789. The van der Waals surface area contributed by atoms with Crippen LogP contribution in [0, 0.1) is 0 Å². The van der Waals surface area contributed by atoms with E-state index in [0.717, 1.165) is 11.0 Å². The summed E-state index contributed by atoms with van der Waals surface area (Å²) in [5, 5.41) is 0. The minimum absolute atomic E-state index is 0.168. The van der Waals surface area contributed by atoms with E-state index in [1.165, 1.54) is 24.3 Å². The van der Waals surface area contributed by atoms with Gasteiger partial charge < -0.3 is 23.0 Å². The zero-order valence-electron chi connectivity index (χ0n) is 16.2. The highest BCUT2D eigenvalue weighted by atomic mass is 32.3. The third-order valence-electron chi connectivity index (χ3n) is 4.35. The molecule has 160 valence electrons. The van der Waals surface area contributed by atoms with Gasteiger partial charge in [-0.2, -0.15) is 8.42 Å². The summed E-state index contributed by atoms with van der Waals surface area (Å²) < 4.78 is 61.0. The lowest BCUT2D eigenvalue weighted by Gasteiger charge is -2.21. The van der Waals surface area contributed by atoms with Crippen molar-refractivity contribution < 1.29 is 35.3 Å². The molecule has 0 saturated carbocycles. The zero-order chi connectivity index (χ0) is 21.7. The van der Waals surface area contributed by atoms with Crippen LogP contribution in [0.2, 0.25) is 0 Å². The molecule has 0 N–H and O–H groups in total. The van der Waals surface area contributed by atoms with E-state index in [1.54, 1.807) is 12.1 Å². The molecule has 1 heterocycles. The van der Waals surface area contributed by atoms with Gasteiger partial charge in [-0.1, -0.05) is 46.4 Å². The van der Waals surface area contributed by atoms with E-state index in [9.17, 15) is 12.3 Å². The van der Waals surface area contributed by atoms with E-state index in [0.29, 0.717) is 24.7 Å². The Hall–Kier alpha value is -3.08. The Bertz CT molecular complexity index is 1090. The lowest BCUT2D eigenvalue weighted by Crippen LogP contribution is -2.31. The SMILES string of the molecule is O=S(=O)(F)Oc1ccc(OC(Oc2ccc(B3OCCO3)cc2)c2ccccc2)cc1. The predicted octanol–water partition coefficient (Wildman–Crippen LogP) is 3.18. The number of ether oxygens (including phenoxy) is 2. The zero-order valence-corrected chi connectivity index (χ0v) is 17.0. The van der Waals surface area contributed by atoms with Crippen LogP contribution in [-0.4, -0.2) is 28.7 Å².